The SMILES string of the molecule is COC(=O)c1c(Br)cc2c(c1OC)OCO2. The van der Waals surface area contributed by atoms with Gasteiger partial charge in [0, 0.05) is 4.47 Å². The molecular formula is C10H9BrO5. The first kappa shape index (κ1) is 11.1. The van der Waals surface area contributed by atoms with E-state index in [1.165, 1.54) is 14.2 Å². The van der Waals surface area contributed by atoms with Crippen molar-refractivity contribution in [3.63, 3.8) is 0 Å². The van der Waals surface area contributed by atoms with Crippen LogP contribution in [-0.2, 0) is 4.74 Å². The Kier molecular flexibility index (Phi) is 2.91. The predicted octanol–water partition coefficient (Wildman–Crippen LogP) is 1.97. The third-order valence-electron chi connectivity index (χ3n) is 2.17. The van der Waals surface area contributed by atoms with Gasteiger partial charge in [-0.25, -0.2) is 4.79 Å². The zero-order chi connectivity index (χ0) is 11.7. The van der Waals surface area contributed by atoms with Gasteiger partial charge in [-0.1, -0.05) is 0 Å². The minimum absolute atomic E-state index is 0.114. The highest BCUT2D eigenvalue weighted by Crippen LogP contribution is 2.46. The Labute approximate surface area is 100 Å². The summed E-state index contributed by atoms with van der Waals surface area (Å²) in [6.45, 7) is 0.114. The normalized spacial score (nSPS) is 12.4. The average Bonchev–Trinajstić information content (AvgIpc) is 2.73. The topological polar surface area (TPSA) is 54.0 Å². The molecule has 1 aliphatic rings. The molecule has 0 aliphatic carbocycles. The lowest BCUT2D eigenvalue weighted by atomic mass is 10.1. The second kappa shape index (κ2) is 4.21. The zero-order valence-corrected chi connectivity index (χ0v) is 10.3. The number of esters is 1. The average molecular weight is 289 g/mol. The van der Waals surface area contributed by atoms with Gasteiger partial charge in [-0.2, -0.15) is 0 Å². The van der Waals surface area contributed by atoms with Crippen LogP contribution in [0.15, 0.2) is 10.5 Å². The molecular weight excluding hydrogens is 280 g/mol. The van der Waals surface area contributed by atoms with Gasteiger partial charge in [-0.3, -0.25) is 0 Å². The van der Waals surface area contributed by atoms with Gasteiger partial charge in [0.15, 0.2) is 11.5 Å². The molecule has 0 saturated carbocycles. The summed E-state index contributed by atoms with van der Waals surface area (Å²) >= 11 is 3.27. The van der Waals surface area contributed by atoms with E-state index >= 15 is 0 Å². The molecule has 86 valence electrons. The largest absolute Gasteiger partial charge is 0.492 e. The Morgan fingerprint density at radius 1 is 1.44 bits per heavy atom. The highest BCUT2D eigenvalue weighted by Gasteiger charge is 2.28. The zero-order valence-electron chi connectivity index (χ0n) is 8.70. The molecule has 0 spiro atoms. The van der Waals surface area contributed by atoms with Crippen molar-refractivity contribution in [2.75, 3.05) is 21.0 Å². The van der Waals surface area contributed by atoms with Crippen LogP contribution in [0.1, 0.15) is 10.4 Å². The molecule has 0 fully saturated rings. The number of carbonyl (C=O) groups excluding carboxylic acids is 1. The van der Waals surface area contributed by atoms with Crippen LogP contribution in [0.3, 0.4) is 0 Å². The number of benzene rings is 1. The van der Waals surface area contributed by atoms with Gasteiger partial charge in [0.25, 0.3) is 0 Å². The molecule has 1 heterocycles. The number of fused-ring (bicyclic) bond motifs is 1. The summed E-state index contributed by atoms with van der Waals surface area (Å²) in [7, 11) is 2.76. The van der Waals surface area contributed by atoms with Crippen molar-refractivity contribution >= 4 is 21.9 Å². The molecule has 1 aliphatic heterocycles. The first-order valence-corrected chi connectivity index (χ1v) is 5.22. The van der Waals surface area contributed by atoms with Crippen LogP contribution in [0.25, 0.3) is 0 Å². The summed E-state index contributed by atoms with van der Waals surface area (Å²) in [5, 5.41) is 0. The van der Waals surface area contributed by atoms with E-state index in [-0.39, 0.29) is 12.4 Å². The van der Waals surface area contributed by atoms with E-state index in [1.54, 1.807) is 6.07 Å². The van der Waals surface area contributed by atoms with Crippen molar-refractivity contribution in [1.29, 1.82) is 0 Å². The highest BCUT2D eigenvalue weighted by atomic mass is 79.9. The second-order valence-corrected chi connectivity index (χ2v) is 3.85. The van der Waals surface area contributed by atoms with Crippen molar-refractivity contribution in [2.24, 2.45) is 0 Å². The number of rotatable bonds is 2. The number of ether oxygens (including phenoxy) is 4. The summed E-state index contributed by atoms with van der Waals surface area (Å²) in [6.07, 6.45) is 0. The third-order valence-corrected chi connectivity index (χ3v) is 2.79. The Morgan fingerprint density at radius 3 is 2.81 bits per heavy atom. The molecule has 0 aromatic heterocycles. The van der Waals surface area contributed by atoms with Gasteiger partial charge in [0.05, 0.1) is 14.2 Å². The van der Waals surface area contributed by atoms with Crippen molar-refractivity contribution < 1.29 is 23.7 Å². The predicted molar refractivity (Wildman–Crippen MR) is 58.2 cm³/mol. The van der Waals surface area contributed by atoms with Crippen LogP contribution in [-0.4, -0.2) is 27.0 Å². The smallest absolute Gasteiger partial charge is 0.342 e. The minimum atomic E-state index is -0.498. The van der Waals surface area contributed by atoms with Crippen molar-refractivity contribution in [2.45, 2.75) is 0 Å². The number of methoxy groups -OCH3 is 2. The third kappa shape index (κ3) is 1.59. The van der Waals surface area contributed by atoms with E-state index in [0.29, 0.717) is 21.7 Å². The van der Waals surface area contributed by atoms with Gasteiger partial charge >= 0.3 is 5.97 Å². The first-order valence-electron chi connectivity index (χ1n) is 4.43. The molecule has 1 aromatic carbocycles. The Balaban J connectivity index is 2.64. The van der Waals surface area contributed by atoms with E-state index in [2.05, 4.69) is 20.7 Å². The summed E-state index contributed by atoms with van der Waals surface area (Å²) in [4.78, 5) is 11.6. The lowest BCUT2D eigenvalue weighted by Gasteiger charge is -2.11. The maximum Gasteiger partial charge on any atom is 0.342 e. The lowest BCUT2D eigenvalue weighted by molar-refractivity contribution is 0.0595. The number of halogens is 1. The van der Waals surface area contributed by atoms with Crippen LogP contribution < -0.4 is 14.2 Å². The van der Waals surface area contributed by atoms with E-state index in [4.69, 9.17) is 14.2 Å². The molecule has 0 atom stereocenters. The Morgan fingerprint density at radius 2 is 2.19 bits per heavy atom. The molecule has 16 heavy (non-hydrogen) atoms. The maximum absolute atomic E-state index is 11.6. The first-order chi connectivity index (χ1) is 7.69. The summed E-state index contributed by atoms with van der Waals surface area (Å²) in [5.74, 6) is 0.776. The van der Waals surface area contributed by atoms with Gasteiger partial charge in [0.2, 0.25) is 12.5 Å². The molecule has 5 nitrogen and oxygen atoms in total. The highest BCUT2D eigenvalue weighted by molar-refractivity contribution is 9.10. The minimum Gasteiger partial charge on any atom is -0.492 e. The molecule has 2 rings (SSSR count). The van der Waals surface area contributed by atoms with Crippen LogP contribution in [0.5, 0.6) is 17.2 Å². The van der Waals surface area contributed by atoms with E-state index in [1.807, 2.05) is 0 Å². The quantitative estimate of drug-likeness (QED) is 0.779. The fraction of sp³-hybridized carbons (Fsp3) is 0.300. The van der Waals surface area contributed by atoms with Gasteiger partial charge in [-0.05, 0) is 22.0 Å². The number of hydrogen-bond acceptors (Lipinski definition) is 5. The number of carbonyl (C=O) groups is 1. The summed E-state index contributed by atoms with van der Waals surface area (Å²) in [6, 6.07) is 1.65. The fourth-order valence-electron chi connectivity index (χ4n) is 1.47. The molecule has 0 amide bonds. The van der Waals surface area contributed by atoms with Crippen LogP contribution in [0.4, 0.5) is 0 Å². The molecule has 1 aromatic rings. The lowest BCUT2D eigenvalue weighted by Crippen LogP contribution is -2.05. The van der Waals surface area contributed by atoms with Crippen LogP contribution in [0.2, 0.25) is 0 Å². The Hall–Kier alpha value is -1.43. The fourth-order valence-corrected chi connectivity index (χ4v) is 2.02. The van der Waals surface area contributed by atoms with Crippen LogP contribution >= 0.6 is 15.9 Å². The van der Waals surface area contributed by atoms with Gasteiger partial charge < -0.3 is 18.9 Å². The van der Waals surface area contributed by atoms with Crippen LogP contribution in [0, 0.1) is 0 Å². The van der Waals surface area contributed by atoms with E-state index in [0.717, 1.165) is 0 Å². The summed E-state index contributed by atoms with van der Waals surface area (Å²) < 4.78 is 20.8. The Bertz CT molecular complexity index is 443. The second-order valence-electron chi connectivity index (χ2n) is 2.99. The molecule has 0 saturated heterocycles. The van der Waals surface area contributed by atoms with Crippen molar-refractivity contribution in [3.05, 3.63) is 16.1 Å². The monoisotopic (exact) mass is 288 g/mol. The van der Waals surface area contributed by atoms with Gasteiger partial charge in [-0.15, -0.1) is 0 Å². The molecule has 0 radical (unpaired) electrons. The molecule has 0 unspecified atom stereocenters. The van der Waals surface area contributed by atoms with E-state index < -0.39 is 5.97 Å². The molecule has 0 bridgehead atoms. The molecule has 0 N–H and O–H groups in total. The van der Waals surface area contributed by atoms with Crippen molar-refractivity contribution in [1.82, 2.24) is 0 Å². The molecule has 6 heteroatoms. The van der Waals surface area contributed by atoms with Crippen molar-refractivity contribution in [3.8, 4) is 17.2 Å². The maximum atomic E-state index is 11.6. The standard InChI is InChI=1S/C10H9BrO5/c1-13-9-7(10(12)14-2)5(11)3-6-8(9)16-4-15-6/h3H,4H2,1-2H3. The summed E-state index contributed by atoms with van der Waals surface area (Å²) in [5.41, 5.74) is 0.286. The van der Waals surface area contributed by atoms with E-state index in [9.17, 15) is 4.79 Å². The number of hydrogen-bond donors (Lipinski definition) is 0. The van der Waals surface area contributed by atoms with Gasteiger partial charge in [0.1, 0.15) is 5.56 Å².